The average molecular weight is 202 g/mol. The molecule has 13 heavy (non-hydrogen) atoms. The molecule has 0 aromatic rings. The highest BCUT2D eigenvalue weighted by atomic mass is 32.2. The van der Waals surface area contributed by atoms with E-state index in [-0.39, 0.29) is 12.2 Å². The minimum atomic E-state index is -3.24. The smallest absolute Gasteiger partial charge is 0.157 e. The van der Waals surface area contributed by atoms with E-state index in [0.29, 0.717) is 6.42 Å². The Morgan fingerprint density at radius 3 is 2.38 bits per heavy atom. The lowest BCUT2D eigenvalue weighted by Gasteiger charge is -2.05. The highest BCUT2D eigenvalue weighted by Crippen LogP contribution is 2.03. The second-order valence-electron chi connectivity index (χ2n) is 2.86. The summed E-state index contributed by atoms with van der Waals surface area (Å²) in [6.07, 6.45) is 1.73. The van der Waals surface area contributed by atoms with Crippen molar-refractivity contribution in [2.75, 3.05) is 6.26 Å². The summed E-state index contributed by atoms with van der Waals surface area (Å²) in [5, 5.41) is -0.897. The highest BCUT2D eigenvalue weighted by molar-refractivity contribution is 7.92. The zero-order valence-electron chi connectivity index (χ0n) is 8.12. The lowest BCUT2D eigenvalue weighted by atomic mass is 10.2. The summed E-state index contributed by atoms with van der Waals surface area (Å²) < 4.78 is 21.9. The Morgan fingerprint density at radius 2 is 2.00 bits per heavy atom. The normalized spacial score (nSPS) is 12.8. The largest absolute Gasteiger partial charge is 0.298 e. The quantitative estimate of drug-likeness (QED) is 0.633. The molecule has 4 heteroatoms. The highest BCUT2D eigenvalue weighted by Gasteiger charge is 2.22. The molecule has 1 atom stereocenters. The molecule has 0 bridgehead atoms. The summed E-state index contributed by atoms with van der Waals surface area (Å²) in [5.41, 5.74) is 0. The number of Topliss-reactive ketones (excluding diaryl/α,β-unsaturated/α-hetero) is 1. The molecular weight excluding hydrogens is 188 g/mol. The van der Waals surface area contributed by atoms with Crippen LogP contribution < -0.4 is 0 Å². The van der Waals surface area contributed by atoms with Crippen LogP contribution in [0.25, 0.3) is 0 Å². The van der Waals surface area contributed by atoms with Crippen LogP contribution in [0.5, 0.6) is 0 Å². The molecule has 0 amide bonds. The van der Waals surface area contributed by atoms with Crippen molar-refractivity contribution in [1.29, 1.82) is 0 Å². The van der Waals surface area contributed by atoms with Gasteiger partial charge in [-0.2, -0.15) is 0 Å². The minimum Gasteiger partial charge on any atom is -0.298 e. The van der Waals surface area contributed by atoms with Crippen LogP contribution in [0.2, 0.25) is 0 Å². The Kier molecular flexibility index (Phi) is 4.71. The van der Waals surface area contributed by atoms with E-state index in [0.717, 1.165) is 6.26 Å². The average Bonchev–Trinajstić information content (AvgIpc) is 2.01. The van der Waals surface area contributed by atoms with Crippen molar-refractivity contribution in [2.45, 2.75) is 31.9 Å². The van der Waals surface area contributed by atoms with Crippen molar-refractivity contribution >= 4 is 15.6 Å². The van der Waals surface area contributed by atoms with Crippen LogP contribution in [0.1, 0.15) is 26.7 Å². The number of sulfone groups is 1. The van der Waals surface area contributed by atoms with Crippen LogP contribution in [0.15, 0.2) is 0 Å². The summed E-state index contributed by atoms with van der Waals surface area (Å²) in [7, 11) is -3.24. The Morgan fingerprint density at radius 1 is 1.46 bits per heavy atom. The number of carbonyl (C=O) groups excluding carboxylic acids is 1. The zero-order chi connectivity index (χ0) is 10.5. The van der Waals surface area contributed by atoms with Crippen molar-refractivity contribution in [2.24, 2.45) is 0 Å². The second-order valence-corrected chi connectivity index (χ2v) is 5.23. The summed E-state index contributed by atoms with van der Waals surface area (Å²) in [4.78, 5) is 11.2. The number of carbonyl (C=O) groups is 1. The Bertz CT molecular complexity index is 330. The van der Waals surface area contributed by atoms with Crippen LogP contribution in [-0.4, -0.2) is 25.7 Å². The van der Waals surface area contributed by atoms with Gasteiger partial charge in [0.1, 0.15) is 5.25 Å². The summed E-state index contributed by atoms with van der Waals surface area (Å²) in [5.74, 6) is 5.11. The molecule has 0 aliphatic carbocycles. The predicted octanol–water partition coefficient (Wildman–Crippen LogP) is 0.792. The lowest BCUT2D eigenvalue weighted by molar-refractivity contribution is -0.118. The van der Waals surface area contributed by atoms with Gasteiger partial charge in [-0.05, 0) is 13.8 Å². The molecule has 0 spiro atoms. The van der Waals surface area contributed by atoms with Crippen LogP contribution in [-0.2, 0) is 14.6 Å². The molecule has 0 heterocycles. The number of hydrogen-bond donors (Lipinski definition) is 0. The standard InChI is InChI=1S/C9H14O3S/c1-4-5-6-7-9(10)8(2)13(3,11)12/h8H,6-7H2,1-3H3. The summed E-state index contributed by atoms with van der Waals surface area (Å²) in [6, 6.07) is 0. The fraction of sp³-hybridized carbons (Fsp3) is 0.667. The van der Waals surface area contributed by atoms with Gasteiger partial charge in [-0.3, -0.25) is 4.79 Å². The van der Waals surface area contributed by atoms with Gasteiger partial charge in [0.15, 0.2) is 15.6 Å². The molecule has 3 nitrogen and oxygen atoms in total. The molecule has 0 aromatic heterocycles. The molecule has 0 aromatic carbocycles. The van der Waals surface area contributed by atoms with Gasteiger partial charge in [0.25, 0.3) is 0 Å². The van der Waals surface area contributed by atoms with E-state index in [2.05, 4.69) is 11.8 Å². The molecule has 1 unspecified atom stereocenters. The molecule has 0 saturated heterocycles. The molecule has 0 aliphatic heterocycles. The molecule has 0 fully saturated rings. The van der Waals surface area contributed by atoms with Gasteiger partial charge in [-0.25, -0.2) is 8.42 Å². The molecule has 0 aliphatic rings. The maximum absolute atomic E-state index is 11.2. The lowest BCUT2D eigenvalue weighted by Crippen LogP contribution is -2.25. The molecule has 0 rings (SSSR count). The van der Waals surface area contributed by atoms with Gasteiger partial charge in [0.2, 0.25) is 0 Å². The first-order chi connectivity index (χ1) is 5.89. The summed E-state index contributed by atoms with van der Waals surface area (Å²) >= 11 is 0. The third-order valence-corrected chi connectivity index (χ3v) is 3.32. The van der Waals surface area contributed by atoms with Crippen molar-refractivity contribution in [3.8, 4) is 11.8 Å². The first kappa shape index (κ1) is 12.2. The topological polar surface area (TPSA) is 51.2 Å². The number of hydrogen-bond acceptors (Lipinski definition) is 3. The van der Waals surface area contributed by atoms with E-state index >= 15 is 0 Å². The van der Waals surface area contributed by atoms with E-state index in [4.69, 9.17) is 0 Å². The van der Waals surface area contributed by atoms with Gasteiger partial charge in [-0.15, -0.1) is 11.8 Å². The van der Waals surface area contributed by atoms with Crippen LogP contribution in [0.3, 0.4) is 0 Å². The number of ketones is 1. The maximum atomic E-state index is 11.2. The van der Waals surface area contributed by atoms with Crippen LogP contribution >= 0.6 is 0 Å². The van der Waals surface area contributed by atoms with Crippen molar-refractivity contribution < 1.29 is 13.2 Å². The third-order valence-electron chi connectivity index (χ3n) is 1.77. The summed E-state index contributed by atoms with van der Waals surface area (Å²) in [6.45, 7) is 3.10. The molecular formula is C9H14O3S. The third kappa shape index (κ3) is 4.69. The molecule has 0 radical (unpaired) electrons. The van der Waals surface area contributed by atoms with E-state index in [9.17, 15) is 13.2 Å². The second kappa shape index (κ2) is 5.03. The fourth-order valence-corrected chi connectivity index (χ4v) is 1.35. The van der Waals surface area contributed by atoms with E-state index in [1.165, 1.54) is 6.92 Å². The van der Waals surface area contributed by atoms with Gasteiger partial charge >= 0.3 is 0 Å². The van der Waals surface area contributed by atoms with Gasteiger partial charge in [-0.1, -0.05) is 0 Å². The SMILES string of the molecule is CC#CCCC(=O)C(C)S(C)(=O)=O. The van der Waals surface area contributed by atoms with E-state index in [1.54, 1.807) is 6.92 Å². The molecule has 74 valence electrons. The van der Waals surface area contributed by atoms with Gasteiger partial charge < -0.3 is 0 Å². The molecule has 0 saturated carbocycles. The Labute approximate surface area is 79.4 Å². The van der Waals surface area contributed by atoms with E-state index in [1.807, 2.05) is 0 Å². The van der Waals surface area contributed by atoms with Crippen molar-refractivity contribution in [3.05, 3.63) is 0 Å². The first-order valence-corrected chi connectivity index (χ1v) is 5.96. The Hall–Kier alpha value is -0.820. The number of rotatable bonds is 4. The Balaban J connectivity index is 4.19. The van der Waals surface area contributed by atoms with Crippen LogP contribution in [0.4, 0.5) is 0 Å². The van der Waals surface area contributed by atoms with Crippen molar-refractivity contribution in [1.82, 2.24) is 0 Å². The van der Waals surface area contributed by atoms with E-state index < -0.39 is 15.1 Å². The van der Waals surface area contributed by atoms with Crippen molar-refractivity contribution in [3.63, 3.8) is 0 Å². The predicted molar refractivity (Wildman–Crippen MR) is 52.0 cm³/mol. The first-order valence-electron chi connectivity index (χ1n) is 4.00. The minimum absolute atomic E-state index is 0.217. The monoisotopic (exact) mass is 202 g/mol. The fourth-order valence-electron chi connectivity index (χ4n) is 0.753. The van der Waals surface area contributed by atoms with Gasteiger partial charge in [0, 0.05) is 19.1 Å². The maximum Gasteiger partial charge on any atom is 0.157 e. The van der Waals surface area contributed by atoms with Crippen LogP contribution in [0, 0.1) is 11.8 Å². The molecule has 0 N–H and O–H groups in total. The zero-order valence-corrected chi connectivity index (χ0v) is 8.94. The van der Waals surface area contributed by atoms with Gasteiger partial charge in [0.05, 0.1) is 0 Å².